The lowest BCUT2D eigenvalue weighted by atomic mass is 9.97. The number of aromatic hydroxyl groups is 3. The van der Waals surface area contributed by atoms with Crippen molar-refractivity contribution in [1.82, 2.24) is 34.2 Å². The van der Waals surface area contributed by atoms with Crippen molar-refractivity contribution in [2.45, 2.75) is 66.2 Å². The van der Waals surface area contributed by atoms with Crippen molar-refractivity contribution in [3.05, 3.63) is 103 Å². The van der Waals surface area contributed by atoms with Crippen molar-refractivity contribution in [2.75, 3.05) is 31.1 Å². The molecule has 0 aliphatic carbocycles. The highest BCUT2D eigenvalue weighted by atomic mass is 16.6. The number of nitrogens with one attached hydrogen (secondary N) is 1. The van der Waals surface area contributed by atoms with Gasteiger partial charge >= 0.3 is 17.8 Å². The Morgan fingerprint density at radius 2 is 1.73 bits per heavy atom. The van der Waals surface area contributed by atoms with Gasteiger partial charge in [0.1, 0.15) is 29.7 Å². The Balaban J connectivity index is 0.00000246. The van der Waals surface area contributed by atoms with E-state index in [-0.39, 0.29) is 77.5 Å². The third-order valence-corrected chi connectivity index (χ3v) is 11.1. The van der Waals surface area contributed by atoms with Gasteiger partial charge in [0.15, 0.2) is 5.82 Å². The number of amides is 1. The molecule has 4 N–H and O–H groups in total. The van der Waals surface area contributed by atoms with Crippen molar-refractivity contribution >= 4 is 28.8 Å². The first-order valence-electron chi connectivity index (χ1n) is 19.9. The number of cyclic esters (lactones) is 1. The summed E-state index contributed by atoms with van der Waals surface area (Å²) in [6, 6.07) is 12.9. The molecule has 3 aliphatic heterocycles. The first-order valence-corrected chi connectivity index (χ1v) is 19.9. The minimum atomic E-state index is -1.45. The quantitative estimate of drug-likeness (QED) is 0.158. The maximum atomic E-state index is 13.9. The molecule has 17 nitrogen and oxygen atoms in total. The van der Waals surface area contributed by atoms with Crippen LogP contribution in [0.15, 0.2) is 64.3 Å². The average Bonchev–Trinajstić information content (AvgIpc) is 3.81. The molecule has 60 heavy (non-hydrogen) atoms. The number of aryl methyl sites for hydroxylation is 1. The number of ether oxygens (including phenoxy) is 2. The largest absolute Gasteiger partial charge is 0.508 e. The lowest BCUT2D eigenvalue weighted by Gasteiger charge is -2.35. The molecule has 0 saturated carbocycles. The molecule has 0 bridgehead atoms. The van der Waals surface area contributed by atoms with E-state index in [2.05, 4.69) is 15.2 Å². The van der Waals surface area contributed by atoms with Gasteiger partial charge in [-0.1, -0.05) is 34.6 Å². The Kier molecular flexibility index (Phi) is 10.3. The molecule has 6 aromatic rings. The van der Waals surface area contributed by atoms with E-state index in [1.54, 1.807) is 47.0 Å². The fourth-order valence-corrected chi connectivity index (χ4v) is 8.14. The SMILES string of the molecule is CC.CCc1c2c(nc3ccc(O)cc13)-c1cc3c(c(=O)n1C2)COC(=O)C3OC(=O)N1CCN(c2ccc(-n3c(-c4cc(C(C)C)c(O)cc4O)n[nH]c3=O)cn2)CC1. The van der Waals surface area contributed by atoms with Crippen molar-refractivity contribution in [2.24, 2.45) is 0 Å². The highest BCUT2D eigenvalue weighted by molar-refractivity contribution is 5.89. The summed E-state index contributed by atoms with van der Waals surface area (Å²) < 4.78 is 14.0. The number of carbonyl (C=O) groups excluding carboxylic acids is 2. The van der Waals surface area contributed by atoms with E-state index in [0.29, 0.717) is 53.5 Å². The number of pyridine rings is 3. The molecule has 310 valence electrons. The molecular weight excluding hydrogens is 773 g/mol. The van der Waals surface area contributed by atoms with E-state index in [1.807, 2.05) is 39.5 Å². The van der Waals surface area contributed by atoms with Crippen LogP contribution in [-0.2, 0) is 33.8 Å². The summed E-state index contributed by atoms with van der Waals surface area (Å²) in [7, 11) is 0. The first kappa shape index (κ1) is 39.6. The van der Waals surface area contributed by atoms with Gasteiger partial charge < -0.3 is 39.2 Å². The van der Waals surface area contributed by atoms with Gasteiger partial charge in [0, 0.05) is 48.8 Å². The number of aromatic amines is 1. The minimum absolute atomic E-state index is 0.0555. The molecular formula is C43H44N8O9. The molecule has 9 rings (SSSR count). The number of carbonyl (C=O) groups is 2. The summed E-state index contributed by atoms with van der Waals surface area (Å²) in [5.41, 5.74) is 4.44. The number of hydrogen-bond acceptors (Lipinski definition) is 13. The van der Waals surface area contributed by atoms with Crippen LogP contribution in [0.4, 0.5) is 10.6 Å². The van der Waals surface area contributed by atoms with Crippen LogP contribution in [0, 0.1) is 0 Å². The predicted molar refractivity (Wildman–Crippen MR) is 221 cm³/mol. The molecule has 0 spiro atoms. The summed E-state index contributed by atoms with van der Waals surface area (Å²) >= 11 is 0. The van der Waals surface area contributed by atoms with E-state index in [1.165, 1.54) is 21.7 Å². The van der Waals surface area contributed by atoms with Gasteiger partial charge in [0.2, 0.25) is 6.10 Å². The van der Waals surface area contributed by atoms with E-state index in [9.17, 15) is 34.5 Å². The van der Waals surface area contributed by atoms with Gasteiger partial charge in [0.25, 0.3) is 5.56 Å². The average molecular weight is 817 g/mol. The molecule has 1 unspecified atom stereocenters. The number of H-pyrrole nitrogens is 1. The zero-order chi connectivity index (χ0) is 42.6. The van der Waals surface area contributed by atoms with Crippen LogP contribution in [0.1, 0.15) is 74.5 Å². The number of rotatable bonds is 6. The van der Waals surface area contributed by atoms with E-state index in [4.69, 9.17) is 14.5 Å². The number of fused-ring (bicyclic) bond motifs is 5. The molecule has 3 aliphatic rings. The van der Waals surface area contributed by atoms with Crippen LogP contribution in [0.5, 0.6) is 17.2 Å². The monoisotopic (exact) mass is 816 g/mol. The van der Waals surface area contributed by atoms with Crippen LogP contribution in [0.3, 0.4) is 0 Å². The maximum Gasteiger partial charge on any atom is 0.411 e. The molecule has 17 heteroatoms. The molecule has 1 fully saturated rings. The Bertz CT molecular complexity index is 2800. The van der Waals surface area contributed by atoms with Crippen LogP contribution in [0.25, 0.3) is 39.4 Å². The Hall–Kier alpha value is -7.17. The zero-order valence-corrected chi connectivity index (χ0v) is 33.7. The van der Waals surface area contributed by atoms with Crippen LogP contribution in [-0.4, -0.2) is 87.8 Å². The molecule has 4 aromatic heterocycles. The predicted octanol–water partition coefficient (Wildman–Crippen LogP) is 5.25. The number of esters is 1. The van der Waals surface area contributed by atoms with Crippen molar-refractivity contribution in [1.29, 1.82) is 0 Å². The van der Waals surface area contributed by atoms with Gasteiger partial charge in [-0.2, -0.15) is 5.10 Å². The highest BCUT2D eigenvalue weighted by Crippen LogP contribution is 2.40. The van der Waals surface area contributed by atoms with Gasteiger partial charge in [0.05, 0.1) is 46.5 Å². The fourth-order valence-electron chi connectivity index (χ4n) is 8.14. The normalized spacial score (nSPS) is 15.6. The lowest BCUT2D eigenvalue weighted by molar-refractivity contribution is -0.158. The van der Waals surface area contributed by atoms with Crippen molar-refractivity contribution < 1.29 is 34.4 Å². The summed E-state index contributed by atoms with van der Waals surface area (Å²) in [6.45, 7) is 11.1. The standard InChI is InChI=1S/C41H38N8O9.C2H6/c1-4-23-25-13-22(50)6-7-30(25)43-35-28(23)18-48-31(35)15-26-29(38(48)53)19-57-39(54)36(26)58-41(56)47-11-9-46(10-12-47)34-8-5-21(17-42-34)49-37(44-45-40(49)55)27-14-24(20(2)3)32(51)16-33(27)52;1-2/h5-8,13-17,20,36,50-52H,4,9-12,18-19H2,1-3H3,(H,45,55);1-2H3. The lowest BCUT2D eigenvalue weighted by Crippen LogP contribution is -2.49. The number of phenols is 3. The summed E-state index contributed by atoms with van der Waals surface area (Å²) in [5.74, 6) is -0.273. The number of phenolic OH excluding ortho intramolecular Hbond substituents is 3. The number of benzene rings is 2. The first-order chi connectivity index (χ1) is 28.9. The molecule has 2 aromatic carbocycles. The molecule has 0 radical (unpaired) electrons. The summed E-state index contributed by atoms with van der Waals surface area (Å²) in [5, 5.41) is 38.5. The molecule has 7 heterocycles. The third kappa shape index (κ3) is 6.64. The van der Waals surface area contributed by atoms with E-state index >= 15 is 0 Å². The fraction of sp³-hybridized carbons (Fsp3) is 0.326. The summed E-state index contributed by atoms with van der Waals surface area (Å²) in [4.78, 5) is 66.4. The smallest absolute Gasteiger partial charge is 0.411 e. The number of piperazine rings is 1. The van der Waals surface area contributed by atoms with Crippen LogP contribution < -0.4 is 16.1 Å². The van der Waals surface area contributed by atoms with Crippen molar-refractivity contribution in [3.8, 4) is 45.7 Å². The van der Waals surface area contributed by atoms with E-state index in [0.717, 1.165) is 16.5 Å². The second-order valence-corrected chi connectivity index (χ2v) is 14.8. The van der Waals surface area contributed by atoms with Crippen LogP contribution >= 0.6 is 0 Å². The number of aromatic nitrogens is 6. The maximum absolute atomic E-state index is 13.9. The Labute approximate surface area is 343 Å². The minimum Gasteiger partial charge on any atom is -0.508 e. The topological polar surface area (TPSA) is 218 Å². The summed E-state index contributed by atoms with van der Waals surface area (Å²) in [6.07, 6.45) is -0.0377. The molecule has 1 saturated heterocycles. The van der Waals surface area contributed by atoms with Gasteiger partial charge in [-0.3, -0.25) is 4.79 Å². The van der Waals surface area contributed by atoms with Crippen molar-refractivity contribution in [3.63, 3.8) is 0 Å². The molecule has 1 atom stereocenters. The second-order valence-electron chi connectivity index (χ2n) is 14.8. The van der Waals surface area contributed by atoms with Crippen LogP contribution in [0.2, 0.25) is 0 Å². The second kappa shape index (κ2) is 15.5. The number of nitrogens with zero attached hydrogens (tertiary/aromatic N) is 7. The highest BCUT2D eigenvalue weighted by Gasteiger charge is 2.39. The molecule has 1 amide bonds. The Morgan fingerprint density at radius 1 is 0.967 bits per heavy atom. The van der Waals surface area contributed by atoms with Gasteiger partial charge in [-0.15, -0.1) is 0 Å². The van der Waals surface area contributed by atoms with E-state index < -0.39 is 23.9 Å². The van der Waals surface area contributed by atoms with Gasteiger partial charge in [-0.05, 0) is 65.9 Å². The third-order valence-electron chi connectivity index (χ3n) is 11.1. The number of anilines is 1. The zero-order valence-electron chi connectivity index (χ0n) is 33.7. The Morgan fingerprint density at radius 3 is 2.43 bits per heavy atom. The number of hydrogen-bond donors (Lipinski definition) is 4. The van der Waals surface area contributed by atoms with Gasteiger partial charge in [-0.25, -0.2) is 34.0 Å².